The van der Waals surface area contributed by atoms with Gasteiger partial charge in [-0.25, -0.2) is 4.39 Å². The van der Waals surface area contributed by atoms with E-state index in [0.717, 1.165) is 45.4 Å². The molecule has 122 valence electrons. The molecule has 22 heavy (non-hydrogen) atoms. The third-order valence-electron chi connectivity index (χ3n) is 4.98. The number of halogens is 1. The van der Waals surface area contributed by atoms with E-state index in [1.165, 1.54) is 13.2 Å². The standard InChI is InChI=1S/C17H24FNO3/c1-21-14-5-4-13(15(18)11-14)12-19-8-6-17(7-9-19)16(20)3-2-10-22-17/h4-5,11,16,20H,2-3,6-10,12H2,1H3/t16-/m1/s1. The van der Waals surface area contributed by atoms with Crippen molar-refractivity contribution in [1.82, 2.24) is 4.90 Å². The molecule has 2 heterocycles. The third-order valence-corrected chi connectivity index (χ3v) is 4.98. The second-order valence-electron chi connectivity index (χ2n) is 6.30. The summed E-state index contributed by atoms with van der Waals surface area (Å²) < 4.78 is 25.0. The Balaban J connectivity index is 1.60. The van der Waals surface area contributed by atoms with Crippen molar-refractivity contribution in [2.45, 2.75) is 43.9 Å². The maximum absolute atomic E-state index is 14.0. The lowest BCUT2D eigenvalue weighted by atomic mass is 9.82. The van der Waals surface area contributed by atoms with Gasteiger partial charge in [0.25, 0.3) is 0 Å². The van der Waals surface area contributed by atoms with Crippen molar-refractivity contribution in [3.63, 3.8) is 0 Å². The van der Waals surface area contributed by atoms with Gasteiger partial charge in [0.1, 0.15) is 11.6 Å². The highest BCUT2D eigenvalue weighted by Gasteiger charge is 2.43. The lowest BCUT2D eigenvalue weighted by Crippen LogP contribution is -2.55. The van der Waals surface area contributed by atoms with Crippen molar-refractivity contribution in [3.8, 4) is 5.75 Å². The number of hydrogen-bond acceptors (Lipinski definition) is 4. The van der Waals surface area contributed by atoms with E-state index in [0.29, 0.717) is 17.9 Å². The number of benzene rings is 1. The van der Waals surface area contributed by atoms with Crippen LogP contribution in [-0.2, 0) is 11.3 Å². The monoisotopic (exact) mass is 309 g/mol. The third kappa shape index (κ3) is 3.12. The summed E-state index contributed by atoms with van der Waals surface area (Å²) in [6.07, 6.45) is 3.02. The van der Waals surface area contributed by atoms with Crippen molar-refractivity contribution in [2.75, 3.05) is 26.8 Å². The predicted octanol–water partition coefficient (Wildman–Crippen LogP) is 2.34. The zero-order chi connectivity index (χ0) is 15.6. The quantitative estimate of drug-likeness (QED) is 0.930. The van der Waals surface area contributed by atoms with E-state index < -0.39 is 0 Å². The van der Waals surface area contributed by atoms with Crippen LogP contribution in [0.25, 0.3) is 0 Å². The van der Waals surface area contributed by atoms with Gasteiger partial charge in [-0.15, -0.1) is 0 Å². The number of rotatable bonds is 3. The molecule has 2 fully saturated rings. The zero-order valence-corrected chi connectivity index (χ0v) is 13.1. The number of ether oxygens (including phenoxy) is 2. The first-order valence-corrected chi connectivity index (χ1v) is 8.00. The molecule has 1 N–H and O–H groups in total. The van der Waals surface area contributed by atoms with Gasteiger partial charge in [-0.2, -0.15) is 0 Å². The van der Waals surface area contributed by atoms with Crippen LogP contribution in [-0.4, -0.2) is 48.5 Å². The summed E-state index contributed by atoms with van der Waals surface area (Å²) in [6, 6.07) is 5.00. The van der Waals surface area contributed by atoms with Gasteiger partial charge in [0.15, 0.2) is 0 Å². The van der Waals surface area contributed by atoms with Crippen molar-refractivity contribution < 1.29 is 19.0 Å². The number of aliphatic hydroxyl groups excluding tert-OH is 1. The first-order valence-electron chi connectivity index (χ1n) is 8.00. The van der Waals surface area contributed by atoms with Gasteiger partial charge < -0.3 is 14.6 Å². The fourth-order valence-corrected chi connectivity index (χ4v) is 3.50. The highest BCUT2D eigenvalue weighted by atomic mass is 19.1. The van der Waals surface area contributed by atoms with Crippen LogP contribution in [0.1, 0.15) is 31.2 Å². The summed E-state index contributed by atoms with van der Waals surface area (Å²) in [5.41, 5.74) is 0.314. The molecule has 5 heteroatoms. The van der Waals surface area contributed by atoms with Crippen molar-refractivity contribution in [2.24, 2.45) is 0 Å². The number of piperidine rings is 1. The molecule has 2 saturated heterocycles. The van der Waals surface area contributed by atoms with Crippen LogP contribution in [0.3, 0.4) is 0 Å². The molecule has 0 unspecified atom stereocenters. The van der Waals surface area contributed by atoms with Crippen LogP contribution >= 0.6 is 0 Å². The van der Waals surface area contributed by atoms with E-state index in [-0.39, 0.29) is 17.5 Å². The minimum absolute atomic E-state index is 0.228. The summed E-state index contributed by atoms with van der Waals surface area (Å²) in [5.74, 6) is 0.311. The molecule has 0 aliphatic carbocycles. The van der Waals surface area contributed by atoms with E-state index in [1.54, 1.807) is 12.1 Å². The van der Waals surface area contributed by atoms with Gasteiger partial charge in [0, 0.05) is 37.9 Å². The SMILES string of the molecule is COc1ccc(CN2CCC3(CC2)OCCC[C@H]3O)c(F)c1. The molecule has 0 aromatic heterocycles. The second kappa shape index (κ2) is 6.52. The normalized spacial score (nSPS) is 25.3. The summed E-state index contributed by atoms with van der Waals surface area (Å²) in [6.45, 7) is 2.97. The maximum Gasteiger partial charge on any atom is 0.131 e. The van der Waals surface area contributed by atoms with Crippen LogP contribution in [0.4, 0.5) is 4.39 Å². The first-order chi connectivity index (χ1) is 10.6. The molecule has 0 radical (unpaired) electrons. The fourth-order valence-electron chi connectivity index (χ4n) is 3.50. The van der Waals surface area contributed by atoms with Crippen LogP contribution in [0.5, 0.6) is 5.75 Å². The van der Waals surface area contributed by atoms with Crippen molar-refractivity contribution >= 4 is 0 Å². The van der Waals surface area contributed by atoms with Crippen molar-refractivity contribution in [1.29, 1.82) is 0 Å². The minimum Gasteiger partial charge on any atom is -0.497 e. The smallest absolute Gasteiger partial charge is 0.131 e. The Morgan fingerprint density at radius 3 is 2.82 bits per heavy atom. The Labute approximate surface area is 130 Å². The number of aliphatic hydroxyl groups is 1. The number of methoxy groups -OCH3 is 1. The predicted molar refractivity (Wildman–Crippen MR) is 81.4 cm³/mol. The summed E-state index contributed by atoms with van der Waals surface area (Å²) in [5, 5.41) is 10.2. The molecule has 1 atom stereocenters. The van der Waals surface area contributed by atoms with E-state index in [9.17, 15) is 9.50 Å². The van der Waals surface area contributed by atoms with Crippen LogP contribution in [0.2, 0.25) is 0 Å². The molecule has 1 aromatic rings. The molecule has 0 amide bonds. The summed E-state index contributed by atoms with van der Waals surface area (Å²) >= 11 is 0. The van der Waals surface area contributed by atoms with Gasteiger partial charge in [-0.1, -0.05) is 6.07 Å². The molecule has 2 aliphatic rings. The van der Waals surface area contributed by atoms with E-state index in [2.05, 4.69) is 4.90 Å². The molecule has 1 spiro atoms. The maximum atomic E-state index is 14.0. The van der Waals surface area contributed by atoms with Crippen LogP contribution < -0.4 is 4.74 Å². The first kappa shape index (κ1) is 15.7. The Hall–Kier alpha value is -1.17. The van der Waals surface area contributed by atoms with E-state index in [4.69, 9.17) is 9.47 Å². The number of likely N-dealkylation sites (tertiary alicyclic amines) is 1. The van der Waals surface area contributed by atoms with Gasteiger partial charge in [-0.3, -0.25) is 4.90 Å². The summed E-state index contributed by atoms with van der Waals surface area (Å²) in [7, 11) is 1.54. The van der Waals surface area contributed by atoms with Gasteiger partial charge in [-0.05, 0) is 31.7 Å². The fraction of sp³-hybridized carbons (Fsp3) is 0.647. The van der Waals surface area contributed by atoms with Gasteiger partial charge >= 0.3 is 0 Å². The second-order valence-corrected chi connectivity index (χ2v) is 6.30. The minimum atomic E-state index is -0.368. The average Bonchev–Trinajstić information content (AvgIpc) is 2.54. The highest BCUT2D eigenvalue weighted by molar-refractivity contribution is 5.28. The lowest BCUT2D eigenvalue weighted by molar-refractivity contribution is -0.177. The summed E-state index contributed by atoms with van der Waals surface area (Å²) in [4.78, 5) is 2.22. The topological polar surface area (TPSA) is 41.9 Å². The Bertz CT molecular complexity index is 515. The largest absolute Gasteiger partial charge is 0.497 e. The molecule has 2 aliphatic heterocycles. The van der Waals surface area contributed by atoms with Crippen molar-refractivity contribution in [3.05, 3.63) is 29.6 Å². The molecule has 0 saturated carbocycles. The highest BCUT2D eigenvalue weighted by Crippen LogP contribution is 2.35. The zero-order valence-electron chi connectivity index (χ0n) is 13.1. The van der Waals surface area contributed by atoms with Crippen LogP contribution in [0, 0.1) is 5.82 Å². The Kier molecular flexibility index (Phi) is 4.66. The number of nitrogens with zero attached hydrogens (tertiary/aromatic N) is 1. The molecule has 3 rings (SSSR count). The Morgan fingerprint density at radius 2 is 2.18 bits per heavy atom. The molecule has 1 aromatic carbocycles. The molecule has 4 nitrogen and oxygen atoms in total. The van der Waals surface area contributed by atoms with Crippen LogP contribution in [0.15, 0.2) is 18.2 Å². The van der Waals surface area contributed by atoms with E-state index >= 15 is 0 Å². The van der Waals surface area contributed by atoms with E-state index in [1.807, 2.05) is 0 Å². The molecular weight excluding hydrogens is 285 g/mol. The number of hydrogen-bond donors (Lipinski definition) is 1. The van der Waals surface area contributed by atoms with Gasteiger partial charge in [0.05, 0.1) is 18.8 Å². The Morgan fingerprint density at radius 1 is 1.41 bits per heavy atom. The van der Waals surface area contributed by atoms with Gasteiger partial charge in [0.2, 0.25) is 0 Å². The lowest BCUT2D eigenvalue weighted by Gasteiger charge is -2.46. The molecular formula is C17H24FNO3. The average molecular weight is 309 g/mol. The molecule has 0 bridgehead atoms.